The Hall–Kier alpha value is -2.33. The summed E-state index contributed by atoms with van der Waals surface area (Å²) >= 11 is 6.20. The lowest BCUT2D eigenvalue weighted by molar-refractivity contribution is 0.415. The van der Waals surface area contributed by atoms with Gasteiger partial charge >= 0.3 is 0 Å². The Morgan fingerprint density at radius 3 is 2.76 bits per heavy atom. The summed E-state index contributed by atoms with van der Waals surface area (Å²) < 4.78 is 7.05. The highest BCUT2D eigenvalue weighted by Crippen LogP contribution is 2.27. The lowest BCUT2D eigenvalue weighted by atomic mass is 10.1. The Kier molecular flexibility index (Phi) is 3.62. The van der Waals surface area contributed by atoms with E-state index in [-0.39, 0.29) is 0 Å². The number of hydrogen-bond donors (Lipinski definition) is 0. The lowest BCUT2D eigenvalue weighted by Crippen LogP contribution is -2.02. The molecule has 5 heteroatoms. The van der Waals surface area contributed by atoms with Crippen molar-refractivity contribution in [3.8, 4) is 22.8 Å². The maximum Gasteiger partial charge on any atom is 0.163 e. The number of nitrogens with zero attached hydrogens (tertiary/aromatic N) is 3. The molecule has 0 fully saturated rings. The van der Waals surface area contributed by atoms with E-state index in [1.54, 1.807) is 11.8 Å². The summed E-state index contributed by atoms with van der Waals surface area (Å²) in [5.41, 5.74) is 2.82. The molecule has 0 saturated carbocycles. The first kappa shape index (κ1) is 13.6. The molecule has 4 nitrogen and oxygen atoms in total. The molecular weight excluding hydrogens is 286 g/mol. The second-order valence-corrected chi connectivity index (χ2v) is 5.02. The van der Waals surface area contributed by atoms with Crippen LogP contribution < -0.4 is 4.74 Å². The van der Waals surface area contributed by atoms with Gasteiger partial charge in [-0.3, -0.25) is 0 Å². The molecule has 0 spiro atoms. The standard InChI is InChI=1S/C16H14ClN3O/c1-11-14(17)7-4-8-15(11)20-16(18-10-19-20)12-5-3-6-13(9-12)21-2/h3-10H,1-2H3. The number of methoxy groups -OCH3 is 1. The molecule has 0 unspecified atom stereocenters. The maximum absolute atomic E-state index is 6.20. The first-order valence-corrected chi connectivity index (χ1v) is 6.88. The highest BCUT2D eigenvalue weighted by Gasteiger charge is 2.12. The van der Waals surface area contributed by atoms with Crippen molar-refractivity contribution in [2.45, 2.75) is 6.92 Å². The van der Waals surface area contributed by atoms with Crippen molar-refractivity contribution < 1.29 is 4.74 Å². The third-order valence-corrected chi connectivity index (χ3v) is 3.75. The van der Waals surface area contributed by atoms with Crippen LogP contribution in [0.1, 0.15) is 5.56 Å². The fourth-order valence-corrected chi connectivity index (χ4v) is 2.37. The predicted molar refractivity (Wildman–Crippen MR) is 83.1 cm³/mol. The van der Waals surface area contributed by atoms with E-state index in [4.69, 9.17) is 16.3 Å². The topological polar surface area (TPSA) is 39.9 Å². The molecule has 0 atom stereocenters. The average Bonchev–Trinajstić information content (AvgIpc) is 2.99. The zero-order valence-electron chi connectivity index (χ0n) is 11.7. The Morgan fingerprint density at radius 1 is 1.14 bits per heavy atom. The van der Waals surface area contributed by atoms with E-state index in [0.29, 0.717) is 5.02 Å². The Labute approximate surface area is 128 Å². The predicted octanol–water partition coefficient (Wildman–Crippen LogP) is 3.90. The number of benzene rings is 2. The Balaban J connectivity index is 2.15. The van der Waals surface area contributed by atoms with Gasteiger partial charge in [0.05, 0.1) is 12.8 Å². The number of ether oxygens (including phenoxy) is 1. The number of halogens is 1. The van der Waals surface area contributed by atoms with Gasteiger partial charge in [-0.05, 0) is 36.8 Å². The van der Waals surface area contributed by atoms with Crippen LogP contribution in [-0.2, 0) is 0 Å². The van der Waals surface area contributed by atoms with Crippen LogP contribution in [0.15, 0.2) is 48.8 Å². The lowest BCUT2D eigenvalue weighted by Gasteiger charge is -2.10. The van der Waals surface area contributed by atoms with Crippen molar-refractivity contribution in [3.63, 3.8) is 0 Å². The smallest absolute Gasteiger partial charge is 0.163 e. The Bertz CT molecular complexity index is 783. The summed E-state index contributed by atoms with van der Waals surface area (Å²) in [6.45, 7) is 1.97. The second kappa shape index (κ2) is 5.58. The molecule has 0 aliphatic heterocycles. The largest absolute Gasteiger partial charge is 0.497 e. The molecule has 1 heterocycles. The van der Waals surface area contributed by atoms with Crippen molar-refractivity contribution in [2.24, 2.45) is 0 Å². The van der Waals surface area contributed by atoms with Gasteiger partial charge in [0.2, 0.25) is 0 Å². The minimum Gasteiger partial charge on any atom is -0.497 e. The molecular formula is C16H14ClN3O. The molecule has 0 amide bonds. The van der Waals surface area contributed by atoms with Gasteiger partial charge in [-0.1, -0.05) is 29.8 Å². The second-order valence-electron chi connectivity index (χ2n) is 4.61. The van der Waals surface area contributed by atoms with E-state index in [0.717, 1.165) is 28.4 Å². The number of rotatable bonds is 3. The fourth-order valence-electron chi connectivity index (χ4n) is 2.20. The molecule has 0 N–H and O–H groups in total. The van der Waals surface area contributed by atoms with Crippen molar-refractivity contribution in [3.05, 3.63) is 59.4 Å². The Morgan fingerprint density at radius 2 is 1.95 bits per heavy atom. The average molecular weight is 300 g/mol. The van der Waals surface area contributed by atoms with E-state index < -0.39 is 0 Å². The van der Waals surface area contributed by atoms with E-state index in [1.165, 1.54) is 6.33 Å². The minimum atomic E-state index is 0.708. The molecule has 0 saturated heterocycles. The summed E-state index contributed by atoms with van der Waals surface area (Å²) in [4.78, 5) is 4.36. The van der Waals surface area contributed by atoms with E-state index in [2.05, 4.69) is 10.1 Å². The first-order chi connectivity index (χ1) is 10.2. The van der Waals surface area contributed by atoms with Gasteiger partial charge in [-0.2, -0.15) is 5.10 Å². The van der Waals surface area contributed by atoms with Gasteiger partial charge in [0, 0.05) is 10.6 Å². The van der Waals surface area contributed by atoms with Gasteiger partial charge in [-0.15, -0.1) is 0 Å². The van der Waals surface area contributed by atoms with Gasteiger partial charge in [0.15, 0.2) is 5.82 Å². The van der Waals surface area contributed by atoms with Crippen molar-refractivity contribution in [1.29, 1.82) is 0 Å². The van der Waals surface area contributed by atoms with Crippen LogP contribution in [0.4, 0.5) is 0 Å². The summed E-state index contributed by atoms with van der Waals surface area (Å²) in [6, 6.07) is 13.5. The van der Waals surface area contributed by atoms with Crippen LogP contribution >= 0.6 is 11.6 Å². The fraction of sp³-hybridized carbons (Fsp3) is 0.125. The normalized spacial score (nSPS) is 10.6. The van der Waals surface area contributed by atoms with Gasteiger partial charge in [-0.25, -0.2) is 9.67 Å². The van der Waals surface area contributed by atoms with E-state index in [9.17, 15) is 0 Å². The van der Waals surface area contributed by atoms with Crippen molar-refractivity contribution in [2.75, 3.05) is 7.11 Å². The number of hydrogen-bond acceptors (Lipinski definition) is 3. The molecule has 0 radical (unpaired) electrons. The van der Waals surface area contributed by atoms with Crippen LogP contribution in [0.3, 0.4) is 0 Å². The van der Waals surface area contributed by atoms with Crippen LogP contribution in [0, 0.1) is 6.92 Å². The quantitative estimate of drug-likeness (QED) is 0.736. The highest BCUT2D eigenvalue weighted by atomic mass is 35.5. The molecule has 3 rings (SSSR count). The molecule has 2 aromatic carbocycles. The van der Waals surface area contributed by atoms with Crippen LogP contribution in [-0.4, -0.2) is 21.9 Å². The molecule has 0 aliphatic rings. The maximum atomic E-state index is 6.20. The van der Waals surface area contributed by atoms with E-state index in [1.807, 2.05) is 49.4 Å². The van der Waals surface area contributed by atoms with E-state index >= 15 is 0 Å². The zero-order valence-corrected chi connectivity index (χ0v) is 12.5. The summed E-state index contributed by atoms with van der Waals surface area (Å²) in [7, 11) is 1.64. The molecule has 106 valence electrons. The van der Waals surface area contributed by atoms with Gasteiger partial charge < -0.3 is 4.74 Å². The van der Waals surface area contributed by atoms with Crippen LogP contribution in [0.5, 0.6) is 5.75 Å². The summed E-state index contributed by atoms with van der Waals surface area (Å²) in [5.74, 6) is 1.53. The molecule has 0 bridgehead atoms. The van der Waals surface area contributed by atoms with Crippen molar-refractivity contribution in [1.82, 2.24) is 14.8 Å². The first-order valence-electron chi connectivity index (χ1n) is 6.50. The van der Waals surface area contributed by atoms with Crippen LogP contribution in [0.25, 0.3) is 17.1 Å². The van der Waals surface area contributed by atoms with Crippen LogP contribution in [0.2, 0.25) is 5.02 Å². The third kappa shape index (κ3) is 2.50. The molecule has 21 heavy (non-hydrogen) atoms. The highest BCUT2D eigenvalue weighted by molar-refractivity contribution is 6.31. The molecule has 0 aliphatic carbocycles. The molecule has 3 aromatic rings. The summed E-state index contributed by atoms with van der Waals surface area (Å²) in [5, 5.41) is 5.03. The third-order valence-electron chi connectivity index (χ3n) is 3.34. The molecule has 1 aromatic heterocycles. The van der Waals surface area contributed by atoms with Gasteiger partial charge in [0.25, 0.3) is 0 Å². The SMILES string of the molecule is COc1cccc(-c2ncnn2-c2cccc(Cl)c2C)c1. The van der Waals surface area contributed by atoms with Crippen molar-refractivity contribution >= 4 is 11.6 Å². The minimum absolute atomic E-state index is 0.708. The monoisotopic (exact) mass is 299 g/mol. The van der Waals surface area contributed by atoms with Gasteiger partial charge in [0.1, 0.15) is 12.1 Å². The summed E-state index contributed by atoms with van der Waals surface area (Å²) in [6.07, 6.45) is 1.54. The number of aromatic nitrogens is 3. The zero-order chi connectivity index (χ0) is 14.8.